The van der Waals surface area contributed by atoms with E-state index in [2.05, 4.69) is 26.9 Å². The van der Waals surface area contributed by atoms with Gasteiger partial charge in [-0.15, -0.1) is 0 Å². The molecule has 0 bridgehead atoms. The zero-order valence-corrected chi connectivity index (χ0v) is 16.0. The van der Waals surface area contributed by atoms with Gasteiger partial charge in [0.1, 0.15) is 5.82 Å². The average Bonchev–Trinajstić information content (AvgIpc) is 3.20. The minimum Gasteiger partial charge on any atom is -0.370 e. The maximum absolute atomic E-state index is 13.2. The molecule has 4 rings (SSSR count). The minimum atomic E-state index is -3.21. The van der Waals surface area contributed by atoms with Crippen molar-refractivity contribution in [2.75, 3.05) is 24.2 Å². The van der Waals surface area contributed by atoms with Crippen LogP contribution in [0, 0.1) is 12.7 Å². The summed E-state index contributed by atoms with van der Waals surface area (Å²) in [6.45, 7) is 3.48. The van der Waals surface area contributed by atoms with Crippen molar-refractivity contribution in [3.8, 4) is 5.69 Å². The highest BCUT2D eigenvalue weighted by molar-refractivity contribution is 7.88. The van der Waals surface area contributed by atoms with Crippen LogP contribution in [-0.2, 0) is 10.0 Å². The van der Waals surface area contributed by atoms with E-state index < -0.39 is 10.0 Å². The number of hydrogen-bond donors (Lipinski definition) is 1. The molecule has 1 aliphatic heterocycles. The second-order valence-corrected chi connectivity index (χ2v) is 8.83. The monoisotopic (exact) mass is 388 g/mol. The molecule has 1 saturated heterocycles. The van der Waals surface area contributed by atoms with Crippen molar-refractivity contribution in [1.82, 2.24) is 14.5 Å². The Morgan fingerprint density at radius 1 is 1.22 bits per heavy atom. The molecule has 1 fully saturated rings. The predicted octanol–water partition coefficient (Wildman–Crippen LogP) is 2.60. The average molecular weight is 388 g/mol. The number of sulfonamides is 1. The molecule has 27 heavy (non-hydrogen) atoms. The molecule has 1 N–H and O–H groups in total. The summed E-state index contributed by atoms with van der Waals surface area (Å²) in [5, 5.41) is 5.44. The van der Waals surface area contributed by atoms with Crippen LogP contribution in [-0.4, -0.2) is 43.6 Å². The van der Waals surface area contributed by atoms with Crippen LogP contribution in [0.2, 0.25) is 0 Å². The lowest BCUT2D eigenvalue weighted by Gasteiger charge is -2.21. The molecule has 0 saturated carbocycles. The molecule has 0 spiro atoms. The molecule has 2 heterocycles. The number of nitrogens with one attached hydrogen (secondary N) is 1. The lowest BCUT2D eigenvalue weighted by molar-refractivity contribution is 0.567. The third-order valence-electron chi connectivity index (χ3n) is 4.87. The second-order valence-electron chi connectivity index (χ2n) is 7.05. The van der Waals surface area contributed by atoms with Gasteiger partial charge in [-0.25, -0.2) is 22.2 Å². The second kappa shape index (κ2) is 6.61. The van der Waals surface area contributed by atoms with Gasteiger partial charge in [-0.2, -0.15) is 5.10 Å². The molecule has 6 nitrogen and oxygen atoms in total. The predicted molar refractivity (Wildman–Crippen MR) is 104 cm³/mol. The van der Waals surface area contributed by atoms with Crippen molar-refractivity contribution < 1.29 is 12.8 Å². The van der Waals surface area contributed by atoms with Gasteiger partial charge in [0.2, 0.25) is 10.0 Å². The number of anilines is 1. The van der Waals surface area contributed by atoms with Crippen LogP contribution >= 0.6 is 0 Å². The normalized spacial score (nSPS) is 17.7. The van der Waals surface area contributed by atoms with Crippen molar-refractivity contribution in [2.24, 2.45) is 0 Å². The number of aryl methyl sites for hydroxylation is 1. The topological polar surface area (TPSA) is 67.2 Å². The molecule has 1 unspecified atom stereocenters. The van der Waals surface area contributed by atoms with Crippen molar-refractivity contribution >= 4 is 26.6 Å². The Morgan fingerprint density at radius 2 is 1.96 bits per heavy atom. The van der Waals surface area contributed by atoms with E-state index >= 15 is 0 Å². The van der Waals surface area contributed by atoms with Crippen molar-refractivity contribution in [3.63, 3.8) is 0 Å². The van der Waals surface area contributed by atoms with Crippen molar-refractivity contribution in [3.05, 3.63) is 54.0 Å². The number of benzene rings is 2. The third-order valence-corrected chi connectivity index (χ3v) is 5.63. The van der Waals surface area contributed by atoms with Gasteiger partial charge in [-0.3, -0.25) is 0 Å². The largest absolute Gasteiger partial charge is 0.370 e. The standard InChI is InChI=1S/C19H21FN4O2S/c1-13-9-19-14(11-21-24(19)17-5-3-15(20)4-6-17)10-18(13)23-8-7-16(12-23)22-27(2,25)26/h3-6,9-11,16,22H,7-8,12H2,1-2H3. The molecule has 1 atom stereocenters. The number of halogens is 1. The van der Waals surface area contributed by atoms with E-state index in [4.69, 9.17) is 0 Å². The van der Waals surface area contributed by atoms with E-state index in [1.807, 2.05) is 6.92 Å². The minimum absolute atomic E-state index is 0.0722. The lowest BCUT2D eigenvalue weighted by atomic mass is 10.1. The van der Waals surface area contributed by atoms with Gasteiger partial charge < -0.3 is 4.90 Å². The summed E-state index contributed by atoms with van der Waals surface area (Å²) in [4.78, 5) is 2.20. The highest BCUT2D eigenvalue weighted by Crippen LogP contribution is 2.30. The summed E-state index contributed by atoms with van der Waals surface area (Å²) in [7, 11) is -3.21. The Labute approximate surface area is 157 Å². The molecule has 1 aromatic heterocycles. The third kappa shape index (κ3) is 3.68. The molecule has 1 aliphatic rings. The fourth-order valence-electron chi connectivity index (χ4n) is 3.67. The maximum atomic E-state index is 13.2. The zero-order valence-electron chi connectivity index (χ0n) is 15.2. The number of rotatable bonds is 4. The fourth-order valence-corrected chi connectivity index (χ4v) is 4.47. The quantitative estimate of drug-likeness (QED) is 0.746. The van der Waals surface area contributed by atoms with Gasteiger partial charge in [0.25, 0.3) is 0 Å². The van der Waals surface area contributed by atoms with E-state index in [1.165, 1.54) is 18.4 Å². The van der Waals surface area contributed by atoms with Crippen LogP contribution in [0.5, 0.6) is 0 Å². The smallest absolute Gasteiger partial charge is 0.209 e. The van der Waals surface area contributed by atoms with Crippen molar-refractivity contribution in [2.45, 2.75) is 19.4 Å². The van der Waals surface area contributed by atoms with Crippen LogP contribution < -0.4 is 9.62 Å². The summed E-state index contributed by atoms with van der Waals surface area (Å²) in [6, 6.07) is 10.3. The molecule has 142 valence electrons. The van der Waals surface area contributed by atoms with Gasteiger partial charge >= 0.3 is 0 Å². The van der Waals surface area contributed by atoms with E-state index in [-0.39, 0.29) is 11.9 Å². The van der Waals surface area contributed by atoms with Gasteiger partial charge in [0, 0.05) is 30.2 Å². The Hall–Kier alpha value is -2.45. The summed E-state index contributed by atoms with van der Waals surface area (Å²) in [5.74, 6) is -0.278. The number of hydrogen-bond acceptors (Lipinski definition) is 4. The fraction of sp³-hybridized carbons (Fsp3) is 0.316. The Bertz CT molecular complexity index is 1090. The first-order valence-electron chi connectivity index (χ1n) is 8.77. The van der Waals surface area contributed by atoms with Crippen LogP contribution in [0.3, 0.4) is 0 Å². The highest BCUT2D eigenvalue weighted by atomic mass is 32.2. The maximum Gasteiger partial charge on any atom is 0.209 e. The zero-order chi connectivity index (χ0) is 19.2. The summed E-state index contributed by atoms with van der Waals surface area (Å²) >= 11 is 0. The Kier molecular flexibility index (Phi) is 4.39. The van der Waals surface area contributed by atoms with E-state index in [0.717, 1.165) is 40.8 Å². The first-order valence-corrected chi connectivity index (χ1v) is 10.7. The summed E-state index contributed by atoms with van der Waals surface area (Å²) < 4.78 is 40.6. The molecule has 8 heteroatoms. The molecule has 2 aromatic carbocycles. The van der Waals surface area contributed by atoms with Crippen LogP contribution in [0.15, 0.2) is 42.6 Å². The van der Waals surface area contributed by atoms with E-state index in [9.17, 15) is 12.8 Å². The van der Waals surface area contributed by atoms with Gasteiger partial charge in [-0.1, -0.05) is 0 Å². The van der Waals surface area contributed by atoms with E-state index in [1.54, 1.807) is 23.0 Å². The Morgan fingerprint density at radius 3 is 2.67 bits per heavy atom. The molecule has 0 amide bonds. The Balaban J connectivity index is 1.65. The van der Waals surface area contributed by atoms with Crippen LogP contribution in [0.4, 0.5) is 10.1 Å². The van der Waals surface area contributed by atoms with E-state index in [0.29, 0.717) is 6.54 Å². The molecule has 3 aromatic rings. The number of nitrogens with zero attached hydrogens (tertiary/aromatic N) is 3. The number of fused-ring (bicyclic) bond motifs is 1. The molecule has 0 aliphatic carbocycles. The molecule has 0 radical (unpaired) electrons. The molecular formula is C19H21FN4O2S. The SMILES string of the molecule is Cc1cc2c(cnn2-c2ccc(F)cc2)cc1N1CCC(NS(C)(=O)=O)C1. The number of aromatic nitrogens is 2. The van der Waals surface area contributed by atoms with Gasteiger partial charge in [0.05, 0.1) is 23.7 Å². The lowest BCUT2D eigenvalue weighted by Crippen LogP contribution is -2.36. The first kappa shape index (κ1) is 17.9. The van der Waals surface area contributed by atoms with Gasteiger partial charge in [0.15, 0.2) is 0 Å². The van der Waals surface area contributed by atoms with Crippen LogP contribution in [0.1, 0.15) is 12.0 Å². The summed E-state index contributed by atoms with van der Waals surface area (Å²) in [6.07, 6.45) is 3.76. The first-order chi connectivity index (χ1) is 12.8. The summed E-state index contributed by atoms with van der Waals surface area (Å²) in [5.41, 5.74) is 3.93. The van der Waals surface area contributed by atoms with Crippen molar-refractivity contribution in [1.29, 1.82) is 0 Å². The molecular weight excluding hydrogens is 367 g/mol. The van der Waals surface area contributed by atoms with Crippen LogP contribution in [0.25, 0.3) is 16.6 Å². The van der Waals surface area contributed by atoms with Gasteiger partial charge in [-0.05, 0) is 55.3 Å². The highest BCUT2D eigenvalue weighted by Gasteiger charge is 2.26.